The number of H-pyrrole nitrogens is 2. The zero-order valence-corrected chi connectivity index (χ0v) is 12.0. The summed E-state index contributed by atoms with van der Waals surface area (Å²) in [5, 5.41) is -0.310. The topological polar surface area (TPSA) is 51.9 Å². The van der Waals surface area contributed by atoms with Crippen LogP contribution in [0.3, 0.4) is 0 Å². The van der Waals surface area contributed by atoms with E-state index in [0.717, 1.165) is 18.9 Å². The van der Waals surface area contributed by atoms with Crippen molar-refractivity contribution in [3.8, 4) is 0 Å². The van der Waals surface area contributed by atoms with Gasteiger partial charge in [0.15, 0.2) is 0 Å². The van der Waals surface area contributed by atoms with Crippen molar-refractivity contribution < 1.29 is 15.9 Å². The number of aromatic nitrogens is 2. The Morgan fingerprint density at radius 3 is 2.95 bits per heavy atom. The van der Waals surface area contributed by atoms with E-state index >= 15 is 0 Å². The number of fused-ring (bicyclic) bond motifs is 1. The van der Waals surface area contributed by atoms with E-state index in [1.807, 2.05) is 6.92 Å². The predicted octanol–water partition coefficient (Wildman–Crippen LogP) is 3.11. The Morgan fingerprint density at radius 1 is 1.50 bits per heavy atom. The van der Waals surface area contributed by atoms with E-state index in [1.54, 1.807) is 4.90 Å². The number of alkyl halides is 3. The molecule has 0 amide bonds. The highest BCUT2D eigenvalue weighted by Crippen LogP contribution is 2.33. The van der Waals surface area contributed by atoms with Crippen LogP contribution in [0.2, 0.25) is 0 Å². The van der Waals surface area contributed by atoms with Crippen molar-refractivity contribution in [2.45, 2.75) is 32.4 Å². The Hall–Kier alpha value is -1.76. The monoisotopic (exact) mass is 315 g/mol. The standard InChI is InChI=1S/C15H18F3N3O/c1-9-3-2-4-21(7-9)8-10-5-11-12(15(16,17)18)6-19-14(22)13(11)20-10/h5-6,9,20H,2-4,7-8H2,1H3,(H,19,22)/t9-/m0/s1/i8D2. The van der Waals surface area contributed by atoms with Crippen molar-refractivity contribution in [2.24, 2.45) is 5.92 Å². The summed E-state index contributed by atoms with van der Waals surface area (Å²) in [5.74, 6) is 0.312. The first kappa shape index (κ1) is 12.8. The fraction of sp³-hybridized carbons (Fsp3) is 0.533. The summed E-state index contributed by atoms with van der Waals surface area (Å²) in [6.45, 7) is 1.09. The van der Waals surface area contributed by atoms with Crippen LogP contribution in [0.25, 0.3) is 10.9 Å². The van der Waals surface area contributed by atoms with Gasteiger partial charge in [-0.2, -0.15) is 13.2 Å². The Kier molecular flexibility index (Phi) is 3.16. The van der Waals surface area contributed by atoms with Crippen LogP contribution in [-0.4, -0.2) is 28.0 Å². The lowest BCUT2D eigenvalue weighted by atomic mass is 10.0. The van der Waals surface area contributed by atoms with Crippen molar-refractivity contribution in [3.63, 3.8) is 0 Å². The van der Waals surface area contributed by atoms with Crippen molar-refractivity contribution in [1.29, 1.82) is 0 Å². The molecular formula is C15H18F3N3O. The van der Waals surface area contributed by atoms with E-state index in [9.17, 15) is 18.0 Å². The number of hydrogen-bond donors (Lipinski definition) is 2. The van der Waals surface area contributed by atoms with Gasteiger partial charge in [-0.15, -0.1) is 0 Å². The average molecular weight is 315 g/mol. The molecule has 0 bridgehead atoms. The van der Waals surface area contributed by atoms with Crippen LogP contribution < -0.4 is 5.56 Å². The largest absolute Gasteiger partial charge is 0.418 e. The number of piperidine rings is 1. The first-order valence-electron chi connectivity index (χ1n) is 8.18. The van der Waals surface area contributed by atoms with Crippen LogP contribution in [-0.2, 0) is 12.7 Å². The molecule has 120 valence electrons. The summed E-state index contributed by atoms with van der Waals surface area (Å²) in [6.07, 6.45) is -2.18. The minimum absolute atomic E-state index is 0.0335. The summed E-state index contributed by atoms with van der Waals surface area (Å²) in [5.41, 5.74) is -1.97. The second kappa shape index (κ2) is 5.46. The van der Waals surface area contributed by atoms with Gasteiger partial charge in [-0.05, 0) is 31.4 Å². The highest BCUT2D eigenvalue weighted by molar-refractivity contribution is 5.83. The molecule has 0 radical (unpaired) electrons. The van der Waals surface area contributed by atoms with Gasteiger partial charge in [0.2, 0.25) is 0 Å². The Balaban J connectivity index is 2.10. The van der Waals surface area contributed by atoms with E-state index in [2.05, 4.69) is 9.97 Å². The summed E-state index contributed by atoms with van der Waals surface area (Å²) >= 11 is 0. The molecule has 2 aromatic rings. The quantitative estimate of drug-likeness (QED) is 0.895. The Bertz CT molecular complexity index is 812. The van der Waals surface area contributed by atoms with Gasteiger partial charge in [0, 0.05) is 33.1 Å². The fourth-order valence-electron chi connectivity index (χ4n) is 2.89. The van der Waals surface area contributed by atoms with Crippen LogP contribution >= 0.6 is 0 Å². The van der Waals surface area contributed by atoms with Crippen LogP contribution in [0.5, 0.6) is 0 Å². The van der Waals surface area contributed by atoms with Crippen LogP contribution in [0.1, 0.15) is 33.8 Å². The molecule has 1 aliphatic rings. The summed E-state index contributed by atoms with van der Waals surface area (Å²) in [7, 11) is 0. The molecule has 2 N–H and O–H groups in total. The lowest BCUT2D eigenvalue weighted by Crippen LogP contribution is -2.33. The first-order chi connectivity index (χ1) is 11.1. The lowest BCUT2D eigenvalue weighted by Gasteiger charge is -2.30. The lowest BCUT2D eigenvalue weighted by molar-refractivity contribution is -0.136. The van der Waals surface area contributed by atoms with Gasteiger partial charge in [-0.3, -0.25) is 9.69 Å². The number of pyridine rings is 1. The number of likely N-dealkylation sites (tertiary alicyclic amines) is 1. The van der Waals surface area contributed by atoms with E-state index < -0.39 is 23.8 Å². The van der Waals surface area contributed by atoms with Crippen LogP contribution in [0.4, 0.5) is 13.2 Å². The smallest absolute Gasteiger partial charge is 0.353 e. The van der Waals surface area contributed by atoms with Gasteiger partial charge in [0.25, 0.3) is 5.56 Å². The molecular weight excluding hydrogens is 295 g/mol. The Labute approximate surface area is 128 Å². The maximum Gasteiger partial charge on any atom is 0.418 e. The van der Waals surface area contributed by atoms with Crippen LogP contribution in [0.15, 0.2) is 17.1 Å². The molecule has 1 saturated heterocycles. The zero-order valence-electron chi connectivity index (χ0n) is 14.0. The molecule has 3 rings (SSSR count). The van der Waals surface area contributed by atoms with Gasteiger partial charge in [-0.1, -0.05) is 6.92 Å². The molecule has 4 nitrogen and oxygen atoms in total. The van der Waals surface area contributed by atoms with Gasteiger partial charge in [0.05, 0.1) is 5.56 Å². The second-order valence-corrected chi connectivity index (χ2v) is 5.81. The zero-order chi connectivity index (χ0) is 17.7. The molecule has 2 aromatic heterocycles. The minimum Gasteiger partial charge on any atom is -0.353 e. The number of nitrogens with zero attached hydrogens (tertiary/aromatic N) is 1. The van der Waals surface area contributed by atoms with E-state index in [0.29, 0.717) is 25.2 Å². The third-order valence-corrected chi connectivity index (χ3v) is 3.92. The third kappa shape index (κ3) is 2.90. The summed E-state index contributed by atoms with van der Waals surface area (Å²) in [6, 6.07) is 1.10. The number of aromatic amines is 2. The molecule has 0 aliphatic carbocycles. The van der Waals surface area contributed by atoms with Crippen molar-refractivity contribution in [2.75, 3.05) is 13.1 Å². The number of nitrogens with one attached hydrogen (secondary N) is 2. The van der Waals surface area contributed by atoms with Crippen molar-refractivity contribution in [3.05, 3.63) is 33.9 Å². The van der Waals surface area contributed by atoms with E-state index in [-0.39, 0.29) is 16.6 Å². The molecule has 7 heteroatoms. The average Bonchev–Trinajstić information content (AvgIpc) is 2.92. The SMILES string of the molecule is [2H]C([2H])(c1cc2c(C(F)(F)F)c[nH]c(=O)c2[nH]1)N1CCC[C@H](C)C1. The number of rotatable bonds is 2. The van der Waals surface area contributed by atoms with Crippen molar-refractivity contribution >= 4 is 10.9 Å². The second-order valence-electron chi connectivity index (χ2n) is 5.81. The maximum atomic E-state index is 13.1. The normalized spacial score (nSPS) is 22.6. The first-order valence-corrected chi connectivity index (χ1v) is 7.18. The molecule has 3 heterocycles. The molecule has 1 aliphatic heterocycles. The fourth-order valence-corrected chi connectivity index (χ4v) is 2.89. The van der Waals surface area contributed by atoms with Gasteiger partial charge < -0.3 is 9.97 Å². The van der Waals surface area contributed by atoms with Gasteiger partial charge in [0.1, 0.15) is 5.52 Å². The number of hydrogen-bond acceptors (Lipinski definition) is 2. The highest BCUT2D eigenvalue weighted by Gasteiger charge is 2.34. The highest BCUT2D eigenvalue weighted by atomic mass is 19.4. The minimum atomic E-state index is -4.63. The van der Waals surface area contributed by atoms with Gasteiger partial charge in [-0.25, -0.2) is 0 Å². The summed E-state index contributed by atoms with van der Waals surface area (Å²) in [4.78, 5) is 18.1. The molecule has 0 aromatic carbocycles. The summed E-state index contributed by atoms with van der Waals surface area (Å²) < 4.78 is 56.1. The van der Waals surface area contributed by atoms with Gasteiger partial charge >= 0.3 is 6.18 Å². The Morgan fingerprint density at radius 2 is 2.27 bits per heavy atom. The molecule has 1 atom stereocenters. The van der Waals surface area contributed by atoms with E-state index in [1.165, 1.54) is 0 Å². The molecule has 0 spiro atoms. The third-order valence-electron chi connectivity index (χ3n) is 3.92. The molecule has 1 fully saturated rings. The molecule has 22 heavy (non-hydrogen) atoms. The molecule has 0 unspecified atom stereocenters. The predicted molar refractivity (Wildman–Crippen MR) is 77.6 cm³/mol. The van der Waals surface area contributed by atoms with Crippen molar-refractivity contribution in [1.82, 2.24) is 14.9 Å². The van der Waals surface area contributed by atoms with Crippen LogP contribution in [0, 0.1) is 5.92 Å². The van der Waals surface area contributed by atoms with E-state index in [4.69, 9.17) is 2.74 Å². The maximum absolute atomic E-state index is 13.1. The number of halogens is 3. The molecule has 0 saturated carbocycles.